The highest BCUT2D eigenvalue weighted by atomic mass is 32.2. The lowest BCUT2D eigenvalue weighted by molar-refractivity contribution is 0.342. The Hall–Kier alpha value is -1.74. The molecule has 2 atom stereocenters. The SMILES string of the molecule is C/C=C/C[C@H](F)c1ccccc1S(=O)c1ccc(C)cc1. The molecular weight excluding hydrogens is 283 g/mol. The summed E-state index contributed by atoms with van der Waals surface area (Å²) in [6.07, 6.45) is 2.79. The van der Waals surface area contributed by atoms with E-state index in [1.165, 1.54) is 0 Å². The first-order valence-corrected chi connectivity index (χ1v) is 8.11. The van der Waals surface area contributed by atoms with Crippen LogP contribution < -0.4 is 0 Å². The van der Waals surface area contributed by atoms with Crippen LogP contribution >= 0.6 is 0 Å². The molecule has 0 saturated heterocycles. The second-order valence-corrected chi connectivity index (χ2v) is 6.34. The van der Waals surface area contributed by atoms with E-state index in [0.717, 1.165) is 5.56 Å². The average Bonchev–Trinajstić information content (AvgIpc) is 2.52. The van der Waals surface area contributed by atoms with E-state index < -0.39 is 17.0 Å². The molecule has 0 aromatic heterocycles. The third-order valence-electron chi connectivity index (χ3n) is 3.27. The highest BCUT2D eigenvalue weighted by Crippen LogP contribution is 2.29. The van der Waals surface area contributed by atoms with Crippen LogP contribution in [0.3, 0.4) is 0 Å². The fourth-order valence-corrected chi connectivity index (χ4v) is 3.33. The molecule has 1 unspecified atom stereocenters. The molecule has 0 amide bonds. The summed E-state index contributed by atoms with van der Waals surface area (Å²) in [4.78, 5) is 1.25. The van der Waals surface area contributed by atoms with Crippen molar-refractivity contribution in [2.75, 3.05) is 0 Å². The van der Waals surface area contributed by atoms with Crippen LogP contribution in [0, 0.1) is 6.92 Å². The Labute approximate surface area is 128 Å². The van der Waals surface area contributed by atoms with Crippen molar-refractivity contribution < 1.29 is 8.60 Å². The Kier molecular flexibility index (Phi) is 5.45. The van der Waals surface area contributed by atoms with Gasteiger partial charge in [0.15, 0.2) is 0 Å². The highest BCUT2D eigenvalue weighted by Gasteiger charge is 2.17. The maximum absolute atomic E-state index is 14.3. The molecule has 0 aliphatic rings. The molecule has 2 aromatic rings. The summed E-state index contributed by atoms with van der Waals surface area (Å²) in [7, 11) is -1.36. The summed E-state index contributed by atoms with van der Waals surface area (Å²) in [6.45, 7) is 3.85. The fraction of sp³-hybridized carbons (Fsp3) is 0.222. The van der Waals surface area contributed by atoms with E-state index in [2.05, 4.69) is 0 Å². The van der Waals surface area contributed by atoms with Crippen LogP contribution in [0.5, 0.6) is 0 Å². The van der Waals surface area contributed by atoms with E-state index in [4.69, 9.17) is 0 Å². The summed E-state index contributed by atoms with van der Waals surface area (Å²) < 4.78 is 27.0. The number of allylic oxidation sites excluding steroid dienone is 2. The summed E-state index contributed by atoms with van der Waals surface area (Å²) in [5.41, 5.74) is 1.62. The molecule has 2 aromatic carbocycles. The number of hydrogen-bond donors (Lipinski definition) is 0. The molecule has 0 spiro atoms. The Morgan fingerprint density at radius 2 is 1.81 bits per heavy atom. The van der Waals surface area contributed by atoms with Crippen molar-refractivity contribution in [2.24, 2.45) is 0 Å². The van der Waals surface area contributed by atoms with Crippen LogP contribution in [0.25, 0.3) is 0 Å². The van der Waals surface area contributed by atoms with E-state index in [1.54, 1.807) is 30.3 Å². The van der Waals surface area contributed by atoms with Gasteiger partial charge in [0.1, 0.15) is 6.17 Å². The van der Waals surface area contributed by atoms with Gasteiger partial charge in [-0.2, -0.15) is 0 Å². The molecule has 0 heterocycles. The van der Waals surface area contributed by atoms with E-state index in [0.29, 0.717) is 21.8 Å². The number of benzene rings is 2. The van der Waals surface area contributed by atoms with Gasteiger partial charge < -0.3 is 0 Å². The lowest BCUT2D eigenvalue weighted by Gasteiger charge is -2.12. The molecule has 3 heteroatoms. The Balaban J connectivity index is 2.35. The molecule has 0 radical (unpaired) electrons. The van der Waals surface area contributed by atoms with Gasteiger partial charge in [-0.15, -0.1) is 0 Å². The summed E-state index contributed by atoms with van der Waals surface area (Å²) in [5.74, 6) is 0. The van der Waals surface area contributed by atoms with Crippen molar-refractivity contribution >= 4 is 10.8 Å². The molecule has 0 N–H and O–H groups in total. The van der Waals surface area contributed by atoms with Crippen LogP contribution in [-0.2, 0) is 10.8 Å². The van der Waals surface area contributed by atoms with Crippen molar-refractivity contribution in [3.8, 4) is 0 Å². The second kappa shape index (κ2) is 7.32. The average molecular weight is 302 g/mol. The maximum atomic E-state index is 14.3. The van der Waals surface area contributed by atoms with Crippen molar-refractivity contribution in [3.05, 3.63) is 71.8 Å². The van der Waals surface area contributed by atoms with Crippen LogP contribution in [-0.4, -0.2) is 4.21 Å². The van der Waals surface area contributed by atoms with Crippen molar-refractivity contribution in [2.45, 2.75) is 36.2 Å². The third-order valence-corrected chi connectivity index (χ3v) is 4.74. The first kappa shape index (κ1) is 15.6. The van der Waals surface area contributed by atoms with Crippen molar-refractivity contribution in [1.29, 1.82) is 0 Å². The lowest BCUT2D eigenvalue weighted by Crippen LogP contribution is -2.01. The molecule has 0 fully saturated rings. The molecule has 21 heavy (non-hydrogen) atoms. The van der Waals surface area contributed by atoms with Crippen LogP contribution in [0.4, 0.5) is 4.39 Å². The molecule has 2 rings (SSSR count). The van der Waals surface area contributed by atoms with Crippen molar-refractivity contribution in [1.82, 2.24) is 0 Å². The molecule has 1 nitrogen and oxygen atoms in total. The van der Waals surface area contributed by atoms with Gasteiger partial charge in [0.2, 0.25) is 0 Å². The van der Waals surface area contributed by atoms with E-state index in [1.807, 2.05) is 44.2 Å². The molecule has 0 aliphatic carbocycles. The number of aryl methyl sites for hydroxylation is 1. The summed E-state index contributed by atoms with van der Waals surface area (Å²) >= 11 is 0. The Morgan fingerprint density at radius 1 is 1.14 bits per heavy atom. The van der Waals surface area contributed by atoms with Crippen LogP contribution in [0.1, 0.15) is 30.6 Å². The maximum Gasteiger partial charge on any atom is 0.130 e. The van der Waals surface area contributed by atoms with Crippen molar-refractivity contribution in [3.63, 3.8) is 0 Å². The van der Waals surface area contributed by atoms with Gasteiger partial charge in [-0.25, -0.2) is 8.60 Å². The normalized spacial score (nSPS) is 14.2. The zero-order chi connectivity index (χ0) is 15.2. The third kappa shape index (κ3) is 3.88. The predicted octanol–water partition coefficient (Wildman–Crippen LogP) is 5.14. The quantitative estimate of drug-likeness (QED) is 0.699. The first-order valence-electron chi connectivity index (χ1n) is 6.96. The summed E-state index contributed by atoms with van der Waals surface area (Å²) in [6, 6.07) is 14.6. The predicted molar refractivity (Wildman–Crippen MR) is 85.6 cm³/mol. The molecular formula is C18H19FOS. The van der Waals surface area contributed by atoms with E-state index in [9.17, 15) is 8.60 Å². The van der Waals surface area contributed by atoms with Gasteiger partial charge in [0, 0.05) is 21.8 Å². The largest absolute Gasteiger partial charge is 0.249 e. The number of hydrogen-bond acceptors (Lipinski definition) is 1. The Bertz CT molecular complexity index is 647. The number of rotatable bonds is 5. The number of alkyl halides is 1. The van der Waals surface area contributed by atoms with Crippen LogP contribution in [0.2, 0.25) is 0 Å². The smallest absolute Gasteiger partial charge is 0.130 e. The van der Waals surface area contributed by atoms with Gasteiger partial charge in [0.05, 0.1) is 10.8 Å². The zero-order valence-corrected chi connectivity index (χ0v) is 13.1. The molecule has 0 saturated carbocycles. The first-order chi connectivity index (χ1) is 10.1. The minimum atomic E-state index is -1.36. The molecule has 0 aliphatic heterocycles. The monoisotopic (exact) mass is 302 g/mol. The molecule has 0 bridgehead atoms. The minimum Gasteiger partial charge on any atom is -0.249 e. The van der Waals surface area contributed by atoms with Gasteiger partial charge in [0.25, 0.3) is 0 Å². The van der Waals surface area contributed by atoms with E-state index in [-0.39, 0.29) is 0 Å². The lowest BCUT2D eigenvalue weighted by atomic mass is 10.1. The fourth-order valence-electron chi connectivity index (χ4n) is 2.08. The molecule has 110 valence electrons. The zero-order valence-electron chi connectivity index (χ0n) is 12.3. The standard InChI is InChI=1S/C18H19FOS/c1-3-4-8-17(19)16-7-5-6-9-18(16)21(20)15-12-10-14(2)11-13-15/h3-7,9-13,17H,8H2,1-2H3/b4-3+/t17-,21?/m0/s1. The van der Waals surface area contributed by atoms with Crippen LogP contribution in [0.15, 0.2) is 70.5 Å². The second-order valence-electron chi connectivity index (χ2n) is 4.89. The topological polar surface area (TPSA) is 17.1 Å². The Morgan fingerprint density at radius 3 is 2.48 bits per heavy atom. The van der Waals surface area contributed by atoms with Gasteiger partial charge in [-0.05, 0) is 32.0 Å². The van der Waals surface area contributed by atoms with Gasteiger partial charge >= 0.3 is 0 Å². The highest BCUT2D eigenvalue weighted by molar-refractivity contribution is 7.85. The number of halogens is 1. The van der Waals surface area contributed by atoms with Gasteiger partial charge in [-0.1, -0.05) is 48.0 Å². The van der Waals surface area contributed by atoms with Gasteiger partial charge in [-0.3, -0.25) is 0 Å². The summed E-state index contributed by atoms with van der Waals surface area (Å²) in [5, 5.41) is 0. The van der Waals surface area contributed by atoms with E-state index >= 15 is 0 Å². The minimum absolute atomic E-state index is 0.304.